The van der Waals surface area contributed by atoms with E-state index in [4.69, 9.17) is 4.74 Å². The van der Waals surface area contributed by atoms with Gasteiger partial charge in [0, 0.05) is 19.2 Å². The van der Waals surface area contributed by atoms with E-state index >= 15 is 0 Å². The maximum Gasteiger partial charge on any atom is 0.338 e. The van der Waals surface area contributed by atoms with Gasteiger partial charge in [0.15, 0.2) is 5.82 Å². The number of nitrogens with zero attached hydrogens (tertiary/aromatic N) is 4. The van der Waals surface area contributed by atoms with Gasteiger partial charge in [0.05, 0.1) is 21.5 Å². The first-order chi connectivity index (χ1) is 14.5. The molecule has 0 spiro atoms. The predicted molar refractivity (Wildman–Crippen MR) is 105 cm³/mol. The highest BCUT2D eigenvalue weighted by molar-refractivity contribution is 5.91. The molecule has 0 saturated carbocycles. The molecule has 30 heavy (non-hydrogen) atoms. The highest BCUT2D eigenvalue weighted by Crippen LogP contribution is 2.32. The second-order valence-corrected chi connectivity index (χ2v) is 6.90. The molecule has 4 rings (SSSR count). The Morgan fingerprint density at radius 1 is 1.20 bits per heavy atom. The lowest BCUT2D eigenvalue weighted by molar-refractivity contribution is -0.384. The van der Waals surface area contributed by atoms with Crippen molar-refractivity contribution >= 4 is 28.4 Å². The number of rotatable bonds is 6. The molecule has 8 nitrogen and oxygen atoms in total. The molecule has 10 heteroatoms. The van der Waals surface area contributed by atoms with Crippen LogP contribution in [0.3, 0.4) is 0 Å². The van der Waals surface area contributed by atoms with Crippen LogP contribution in [0.4, 0.5) is 20.2 Å². The smallest absolute Gasteiger partial charge is 0.338 e. The van der Waals surface area contributed by atoms with Gasteiger partial charge in [0.25, 0.3) is 5.69 Å². The van der Waals surface area contributed by atoms with Gasteiger partial charge in [-0.3, -0.25) is 14.7 Å². The fraction of sp³-hybridized carbons (Fsp3) is 0.300. The van der Waals surface area contributed by atoms with E-state index in [1.807, 2.05) is 4.90 Å². The van der Waals surface area contributed by atoms with Crippen molar-refractivity contribution in [3.05, 3.63) is 64.0 Å². The molecule has 156 valence electrons. The lowest BCUT2D eigenvalue weighted by atomic mass is 10.1. The van der Waals surface area contributed by atoms with Crippen LogP contribution in [0.25, 0.3) is 11.0 Å². The van der Waals surface area contributed by atoms with E-state index in [1.54, 1.807) is 18.2 Å². The van der Waals surface area contributed by atoms with Crippen LogP contribution in [0, 0.1) is 10.1 Å². The van der Waals surface area contributed by atoms with Gasteiger partial charge in [-0.2, -0.15) is 8.78 Å². The average Bonchev–Trinajstić information content (AvgIpc) is 3.39. The van der Waals surface area contributed by atoms with E-state index in [0.717, 1.165) is 18.9 Å². The molecule has 3 aromatic rings. The molecular weight excluding hydrogens is 398 g/mol. The summed E-state index contributed by atoms with van der Waals surface area (Å²) in [6.45, 7) is -1.91. The van der Waals surface area contributed by atoms with Crippen LogP contribution in [0.1, 0.15) is 35.6 Å². The van der Waals surface area contributed by atoms with Gasteiger partial charge in [-0.1, -0.05) is 12.1 Å². The van der Waals surface area contributed by atoms with Crippen molar-refractivity contribution < 1.29 is 23.2 Å². The Bertz CT molecular complexity index is 1110. The number of fused-ring (bicyclic) bond motifs is 1. The molecule has 0 unspecified atom stereocenters. The fourth-order valence-electron chi connectivity index (χ4n) is 3.65. The van der Waals surface area contributed by atoms with Gasteiger partial charge in [-0.15, -0.1) is 0 Å². The van der Waals surface area contributed by atoms with Crippen molar-refractivity contribution in [1.29, 1.82) is 0 Å². The summed E-state index contributed by atoms with van der Waals surface area (Å²) in [5.41, 5.74) is 0.822. The number of nitro benzene ring substituents is 1. The largest absolute Gasteiger partial charge is 0.454 e. The van der Waals surface area contributed by atoms with E-state index < -0.39 is 24.0 Å². The van der Waals surface area contributed by atoms with Gasteiger partial charge >= 0.3 is 12.5 Å². The molecule has 0 atom stereocenters. The predicted octanol–water partition coefficient (Wildman–Crippen LogP) is 4.30. The number of ether oxygens (including phenoxy) is 1. The highest BCUT2D eigenvalue weighted by atomic mass is 19.3. The summed E-state index contributed by atoms with van der Waals surface area (Å²) in [7, 11) is 0. The molecule has 0 N–H and O–H groups in total. The molecule has 1 aliphatic heterocycles. The van der Waals surface area contributed by atoms with Crippen molar-refractivity contribution in [2.45, 2.75) is 26.0 Å². The minimum Gasteiger partial charge on any atom is -0.454 e. The number of hydrogen-bond donors (Lipinski definition) is 0. The van der Waals surface area contributed by atoms with Crippen LogP contribution >= 0.6 is 0 Å². The summed E-state index contributed by atoms with van der Waals surface area (Å²) in [5, 5.41) is 11.5. The molecular formula is C20H18F2N4O4. The van der Waals surface area contributed by atoms with Gasteiger partial charge in [-0.05, 0) is 37.1 Å². The van der Waals surface area contributed by atoms with Crippen molar-refractivity contribution in [3.63, 3.8) is 0 Å². The first kappa shape index (κ1) is 19.7. The summed E-state index contributed by atoms with van der Waals surface area (Å²) >= 11 is 0. The molecule has 0 bridgehead atoms. The molecule has 1 saturated heterocycles. The van der Waals surface area contributed by atoms with E-state index in [9.17, 15) is 23.7 Å². The number of imidazole rings is 1. The Kier molecular flexibility index (Phi) is 5.30. The first-order valence-electron chi connectivity index (χ1n) is 9.40. The normalized spacial score (nSPS) is 13.9. The third-order valence-corrected chi connectivity index (χ3v) is 5.05. The summed E-state index contributed by atoms with van der Waals surface area (Å²) in [6.07, 6.45) is 1.90. The van der Waals surface area contributed by atoms with Gasteiger partial charge in [0.1, 0.15) is 12.3 Å². The second-order valence-electron chi connectivity index (χ2n) is 6.90. The number of para-hydroxylation sites is 2. The maximum atomic E-state index is 13.5. The van der Waals surface area contributed by atoms with Crippen LogP contribution in [-0.4, -0.2) is 33.5 Å². The summed E-state index contributed by atoms with van der Waals surface area (Å²) in [5.74, 6) is -0.957. The molecule has 1 aliphatic rings. The number of carbonyl (C=O) groups excluding carboxylic acids is 1. The molecule has 0 radical (unpaired) electrons. The van der Waals surface area contributed by atoms with Crippen molar-refractivity contribution in [3.8, 4) is 0 Å². The number of nitro groups is 1. The van der Waals surface area contributed by atoms with Crippen LogP contribution in [0.2, 0.25) is 0 Å². The monoisotopic (exact) mass is 416 g/mol. The second kappa shape index (κ2) is 8.05. The Morgan fingerprint density at radius 2 is 1.93 bits per heavy atom. The summed E-state index contributed by atoms with van der Waals surface area (Å²) in [6, 6.07) is 10.5. The van der Waals surface area contributed by atoms with E-state index in [-0.39, 0.29) is 22.6 Å². The summed E-state index contributed by atoms with van der Waals surface area (Å²) in [4.78, 5) is 29.4. The highest BCUT2D eigenvalue weighted by Gasteiger charge is 2.25. The average molecular weight is 416 g/mol. The zero-order valence-electron chi connectivity index (χ0n) is 15.8. The number of hydrogen-bond acceptors (Lipinski definition) is 6. The SMILES string of the molecule is O=C(OCc1nc2ccccc2n1C(F)F)c1ccc(N2CCCC2)c([N+](=O)[O-])c1. The van der Waals surface area contributed by atoms with Crippen LogP contribution < -0.4 is 4.90 Å². The quantitative estimate of drug-likeness (QED) is 0.338. The summed E-state index contributed by atoms with van der Waals surface area (Å²) < 4.78 is 32.8. The number of benzene rings is 2. The van der Waals surface area contributed by atoms with E-state index in [2.05, 4.69) is 4.98 Å². The third kappa shape index (κ3) is 3.68. The molecule has 2 aromatic carbocycles. The number of alkyl halides is 2. The topological polar surface area (TPSA) is 90.5 Å². The lowest BCUT2D eigenvalue weighted by Crippen LogP contribution is -2.19. The number of carbonyl (C=O) groups is 1. The van der Waals surface area contributed by atoms with Crippen molar-refractivity contribution in [2.75, 3.05) is 18.0 Å². The molecule has 1 aromatic heterocycles. The molecule has 0 amide bonds. The Hall–Kier alpha value is -3.56. The van der Waals surface area contributed by atoms with Crippen molar-refractivity contribution in [1.82, 2.24) is 9.55 Å². The number of anilines is 1. The van der Waals surface area contributed by atoms with Crippen LogP contribution in [0.15, 0.2) is 42.5 Å². The van der Waals surface area contributed by atoms with Crippen molar-refractivity contribution in [2.24, 2.45) is 0 Å². The zero-order chi connectivity index (χ0) is 21.3. The number of halogens is 2. The van der Waals surface area contributed by atoms with E-state index in [1.165, 1.54) is 18.2 Å². The fourth-order valence-corrected chi connectivity index (χ4v) is 3.65. The Balaban J connectivity index is 1.56. The lowest BCUT2D eigenvalue weighted by Gasteiger charge is -2.17. The zero-order valence-corrected chi connectivity index (χ0v) is 15.8. The molecule has 1 fully saturated rings. The minimum absolute atomic E-state index is 0.0237. The van der Waals surface area contributed by atoms with Gasteiger partial charge < -0.3 is 9.64 Å². The standard InChI is InChI=1S/C20H18F2N4O4/c21-20(22)25-15-6-2-1-5-14(15)23-18(25)12-30-19(27)13-7-8-16(17(11-13)26(28)29)24-9-3-4-10-24/h1-2,5-8,11,20H,3-4,9-10,12H2. The van der Waals surface area contributed by atoms with Crippen LogP contribution in [-0.2, 0) is 11.3 Å². The number of aromatic nitrogens is 2. The third-order valence-electron chi connectivity index (χ3n) is 5.05. The molecule has 2 heterocycles. The number of esters is 1. The van der Waals surface area contributed by atoms with E-state index in [0.29, 0.717) is 28.9 Å². The Morgan fingerprint density at radius 3 is 2.63 bits per heavy atom. The minimum atomic E-state index is -2.85. The molecule has 0 aliphatic carbocycles. The first-order valence-corrected chi connectivity index (χ1v) is 9.40. The van der Waals surface area contributed by atoms with Crippen LogP contribution in [0.5, 0.6) is 0 Å². The van der Waals surface area contributed by atoms with Gasteiger partial charge in [0.2, 0.25) is 0 Å². The Labute approximate surface area is 169 Å². The van der Waals surface area contributed by atoms with Gasteiger partial charge in [-0.25, -0.2) is 9.78 Å². The maximum absolute atomic E-state index is 13.5.